The molecule has 1 aromatic rings. The number of hydrogen-bond donors (Lipinski definition) is 0. The first-order chi connectivity index (χ1) is 7.47. The van der Waals surface area contributed by atoms with Gasteiger partial charge in [0.15, 0.2) is 0 Å². The molecule has 1 aliphatic heterocycles. The van der Waals surface area contributed by atoms with Crippen molar-refractivity contribution in [2.24, 2.45) is 0 Å². The van der Waals surface area contributed by atoms with Gasteiger partial charge in [0.25, 0.3) is 0 Å². The topological polar surface area (TPSA) is 18.5 Å². The summed E-state index contributed by atoms with van der Waals surface area (Å²) in [5.74, 6) is 0.692. The molecule has 1 fully saturated rings. The van der Waals surface area contributed by atoms with E-state index in [1.54, 1.807) is 11.6 Å². The van der Waals surface area contributed by atoms with E-state index in [1.807, 2.05) is 13.8 Å². The highest BCUT2D eigenvalue weighted by Crippen LogP contribution is 2.36. The summed E-state index contributed by atoms with van der Waals surface area (Å²) >= 11 is 1.56. The van der Waals surface area contributed by atoms with Crippen molar-refractivity contribution in [3.63, 3.8) is 0 Å². The molecule has 0 unspecified atom stereocenters. The highest BCUT2D eigenvalue weighted by Gasteiger charge is 2.42. The molecule has 2 nitrogen and oxygen atoms in total. The molecule has 0 aromatic heterocycles. The summed E-state index contributed by atoms with van der Waals surface area (Å²) in [6.45, 7) is 9.85. The van der Waals surface area contributed by atoms with Crippen LogP contribution in [0.3, 0.4) is 0 Å². The van der Waals surface area contributed by atoms with Crippen LogP contribution in [0, 0.1) is 6.92 Å². The van der Waals surface area contributed by atoms with Crippen molar-refractivity contribution in [3.8, 4) is 0 Å². The van der Waals surface area contributed by atoms with Crippen molar-refractivity contribution in [1.29, 1.82) is 0 Å². The van der Waals surface area contributed by atoms with Gasteiger partial charge in [-0.25, -0.2) is 0 Å². The fourth-order valence-electron chi connectivity index (χ4n) is 1.36. The Bertz CT molecular complexity index is 400. The minimum atomic E-state index is -0.387. The molecule has 0 spiro atoms. The lowest BCUT2D eigenvalue weighted by atomic mass is 10.1. The van der Waals surface area contributed by atoms with Gasteiger partial charge in [-0.05, 0) is 32.9 Å². The Morgan fingerprint density at radius 2 is 1.88 bits per heavy atom. The van der Waals surface area contributed by atoms with Crippen LogP contribution >= 0.6 is 11.6 Å². The monoisotopic (exact) mass is 234 g/mol. The van der Waals surface area contributed by atoms with Crippen LogP contribution in [0.4, 0.5) is 0 Å². The lowest BCUT2D eigenvalue weighted by molar-refractivity contribution is 0.175. The second-order valence-electron chi connectivity index (χ2n) is 4.39. The summed E-state index contributed by atoms with van der Waals surface area (Å²) < 4.78 is 11.3. The van der Waals surface area contributed by atoms with Gasteiger partial charge in [0, 0.05) is 4.90 Å². The first-order valence-corrected chi connectivity index (χ1v) is 6.12. The lowest BCUT2D eigenvalue weighted by Crippen LogP contribution is -2.21. The van der Waals surface area contributed by atoms with Gasteiger partial charge in [-0.2, -0.15) is 0 Å². The van der Waals surface area contributed by atoms with E-state index in [0.717, 1.165) is 4.90 Å². The van der Waals surface area contributed by atoms with Crippen molar-refractivity contribution in [2.45, 2.75) is 31.3 Å². The van der Waals surface area contributed by atoms with Crippen molar-refractivity contribution in [3.05, 3.63) is 42.2 Å². The van der Waals surface area contributed by atoms with Gasteiger partial charge >= 0.3 is 6.40 Å². The molecule has 0 saturated carbocycles. The average Bonchev–Trinajstić information content (AvgIpc) is 2.44. The Kier molecular flexibility index (Phi) is 3.04. The molecular formula is C12H15BO2S. The molecule has 1 saturated heterocycles. The van der Waals surface area contributed by atoms with Crippen LogP contribution in [0.25, 0.3) is 0 Å². The molecule has 1 heterocycles. The third-order valence-corrected chi connectivity index (χ3v) is 3.48. The van der Waals surface area contributed by atoms with E-state index < -0.39 is 0 Å². The summed E-state index contributed by atoms with van der Waals surface area (Å²) in [6, 6.07) is 8.30. The minimum Gasteiger partial charge on any atom is -0.528 e. The van der Waals surface area contributed by atoms with E-state index in [1.165, 1.54) is 5.56 Å². The minimum absolute atomic E-state index is 0.287. The number of hydrogen-bond acceptors (Lipinski definition) is 3. The summed E-state index contributed by atoms with van der Waals surface area (Å²) in [7, 11) is 0. The van der Waals surface area contributed by atoms with Crippen molar-refractivity contribution in [2.75, 3.05) is 0 Å². The maximum atomic E-state index is 5.74. The fourth-order valence-corrected chi connectivity index (χ4v) is 2.33. The van der Waals surface area contributed by atoms with E-state index in [9.17, 15) is 0 Å². The number of aryl methyl sites for hydroxylation is 1. The molecule has 0 amide bonds. The molecule has 1 aliphatic rings. The van der Waals surface area contributed by atoms with Gasteiger partial charge in [0.1, 0.15) is 11.4 Å². The molecule has 1 aromatic carbocycles. The van der Waals surface area contributed by atoms with Crippen molar-refractivity contribution >= 4 is 18.0 Å². The van der Waals surface area contributed by atoms with E-state index in [0.29, 0.717) is 5.76 Å². The van der Waals surface area contributed by atoms with Gasteiger partial charge < -0.3 is 9.31 Å². The predicted molar refractivity (Wildman–Crippen MR) is 68.2 cm³/mol. The third-order valence-electron chi connectivity index (χ3n) is 2.55. The van der Waals surface area contributed by atoms with E-state index in [4.69, 9.17) is 9.31 Å². The highest BCUT2D eigenvalue weighted by atomic mass is 32.2. The van der Waals surface area contributed by atoms with Crippen LogP contribution in [-0.2, 0) is 9.31 Å². The van der Waals surface area contributed by atoms with Crippen LogP contribution in [0.15, 0.2) is 41.5 Å². The van der Waals surface area contributed by atoms with Gasteiger partial charge in [-0.15, -0.1) is 0 Å². The molecule has 4 heteroatoms. The molecule has 0 atom stereocenters. The number of rotatable bonds is 2. The second kappa shape index (κ2) is 4.19. The molecular weight excluding hydrogens is 219 g/mol. The zero-order chi connectivity index (χ0) is 11.8. The van der Waals surface area contributed by atoms with Gasteiger partial charge in [-0.3, -0.25) is 0 Å². The van der Waals surface area contributed by atoms with E-state index in [-0.39, 0.29) is 12.0 Å². The maximum Gasteiger partial charge on any atom is 0.606 e. The zero-order valence-corrected chi connectivity index (χ0v) is 10.6. The third kappa shape index (κ3) is 2.44. The summed E-state index contributed by atoms with van der Waals surface area (Å²) in [4.78, 5) is 1.14. The zero-order valence-electron chi connectivity index (χ0n) is 9.82. The van der Waals surface area contributed by atoms with Crippen LogP contribution in [0.2, 0.25) is 0 Å². The van der Waals surface area contributed by atoms with Gasteiger partial charge in [0.05, 0.1) is 0 Å². The average molecular weight is 234 g/mol. The smallest absolute Gasteiger partial charge is 0.528 e. The molecule has 84 valence electrons. The Morgan fingerprint density at radius 1 is 1.25 bits per heavy atom. The Balaban J connectivity index is 2.02. The molecule has 16 heavy (non-hydrogen) atoms. The van der Waals surface area contributed by atoms with E-state index >= 15 is 0 Å². The molecule has 0 bridgehead atoms. The Hall–Kier alpha value is -0.865. The normalized spacial score (nSPS) is 18.7. The molecule has 0 aliphatic carbocycles. The van der Waals surface area contributed by atoms with Crippen LogP contribution in [0.1, 0.15) is 19.4 Å². The summed E-state index contributed by atoms with van der Waals surface area (Å²) in [6.07, 6.45) is -0.287. The lowest BCUT2D eigenvalue weighted by Gasteiger charge is -2.15. The standard InChI is InChI=1S/C12H15BO2S/c1-9-5-7-11(8-6-9)16-13-14-10(2)12(3,4)15-13/h5-8H,2H2,1,3-4H3. The largest absolute Gasteiger partial charge is 0.606 e. The van der Waals surface area contributed by atoms with Crippen LogP contribution < -0.4 is 0 Å². The highest BCUT2D eigenvalue weighted by molar-refractivity contribution is 8.24. The first-order valence-electron chi connectivity index (χ1n) is 5.24. The number of benzene rings is 1. The van der Waals surface area contributed by atoms with Crippen LogP contribution in [-0.4, -0.2) is 12.0 Å². The van der Waals surface area contributed by atoms with Crippen molar-refractivity contribution < 1.29 is 9.31 Å². The van der Waals surface area contributed by atoms with E-state index in [2.05, 4.69) is 37.8 Å². The van der Waals surface area contributed by atoms with Crippen molar-refractivity contribution in [1.82, 2.24) is 0 Å². The fraction of sp³-hybridized carbons (Fsp3) is 0.333. The predicted octanol–water partition coefficient (Wildman–Crippen LogP) is 3.41. The molecule has 0 radical (unpaired) electrons. The van der Waals surface area contributed by atoms with Gasteiger partial charge in [0.2, 0.25) is 0 Å². The Labute approximate surface area is 101 Å². The summed E-state index contributed by atoms with van der Waals surface area (Å²) in [5.41, 5.74) is 0.866. The Morgan fingerprint density at radius 3 is 2.38 bits per heavy atom. The maximum absolute atomic E-state index is 5.74. The van der Waals surface area contributed by atoms with Crippen LogP contribution in [0.5, 0.6) is 0 Å². The quantitative estimate of drug-likeness (QED) is 0.730. The SMILES string of the molecule is C=C1OB(Sc2ccc(C)cc2)OC1(C)C. The molecule has 2 rings (SSSR count). The summed E-state index contributed by atoms with van der Waals surface area (Å²) in [5, 5.41) is 0. The first kappa shape index (κ1) is 11.6. The molecule has 0 N–H and O–H groups in total. The second-order valence-corrected chi connectivity index (χ2v) is 5.48. The van der Waals surface area contributed by atoms with Gasteiger partial charge in [-0.1, -0.05) is 35.9 Å².